The SMILES string of the molecule is Clc1ccc(OCCN2C[C@@H]3CCCN[C@@H]3C2)cc1. The van der Waals surface area contributed by atoms with Crippen LogP contribution < -0.4 is 10.1 Å². The number of halogens is 1. The maximum Gasteiger partial charge on any atom is 0.119 e. The number of fused-ring (bicyclic) bond motifs is 1. The zero-order valence-corrected chi connectivity index (χ0v) is 11.9. The summed E-state index contributed by atoms with van der Waals surface area (Å²) in [4.78, 5) is 2.52. The van der Waals surface area contributed by atoms with Crippen molar-refractivity contribution in [3.63, 3.8) is 0 Å². The summed E-state index contributed by atoms with van der Waals surface area (Å²) in [6.07, 6.45) is 2.71. The van der Waals surface area contributed by atoms with Gasteiger partial charge in [-0.2, -0.15) is 0 Å². The van der Waals surface area contributed by atoms with Crippen LogP contribution in [-0.4, -0.2) is 43.7 Å². The van der Waals surface area contributed by atoms with E-state index in [4.69, 9.17) is 16.3 Å². The van der Waals surface area contributed by atoms with Crippen molar-refractivity contribution >= 4 is 11.6 Å². The number of benzene rings is 1. The predicted octanol–water partition coefficient (Wildman–Crippen LogP) is 2.40. The molecule has 0 unspecified atom stereocenters. The largest absolute Gasteiger partial charge is 0.492 e. The molecule has 2 aliphatic rings. The highest BCUT2D eigenvalue weighted by Gasteiger charge is 2.33. The lowest BCUT2D eigenvalue weighted by molar-refractivity contribution is 0.232. The minimum atomic E-state index is 0.712. The highest BCUT2D eigenvalue weighted by atomic mass is 35.5. The first-order chi connectivity index (χ1) is 9.31. The van der Waals surface area contributed by atoms with Gasteiger partial charge in [-0.25, -0.2) is 0 Å². The Morgan fingerprint density at radius 3 is 2.89 bits per heavy atom. The summed E-state index contributed by atoms with van der Waals surface area (Å²) < 4.78 is 5.76. The zero-order valence-electron chi connectivity index (χ0n) is 11.1. The van der Waals surface area contributed by atoms with Crippen LogP contribution in [0.2, 0.25) is 5.02 Å². The van der Waals surface area contributed by atoms with Gasteiger partial charge in [0, 0.05) is 30.7 Å². The van der Waals surface area contributed by atoms with Crippen LogP contribution in [0.5, 0.6) is 5.75 Å². The van der Waals surface area contributed by atoms with Crippen LogP contribution in [0.4, 0.5) is 0 Å². The van der Waals surface area contributed by atoms with Gasteiger partial charge in [0.15, 0.2) is 0 Å². The van der Waals surface area contributed by atoms with Crippen LogP contribution in [0.3, 0.4) is 0 Å². The van der Waals surface area contributed by atoms with E-state index in [1.165, 1.54) is 32.5 Å². The highest BCUT2D eigenvalue weighted by Crippen LogP contribution is 2.24. The molecular weight excluding hydrogens is 260 g/mol. The predicted molar refractivity (Wildman–Crippen MR) is 77.9 cm³/mol. The third-order valence-corrected chi connectivity index (χ3v) is 4.42. The number of hydrogen-bond acceptors (Lipinski definition) is 3. The molecule has 1 aromatic rings. The molecule has 1 N–H and O–H groups in total. The van der Waals surface area contributed by atoms with E-state index in [1.54, 1.807) is 0 Å². The standard InChI is InChI=1S/C15H21ClN2O/c16-13-3-5-14(6-4-13)19-9-8-18-10-12-2-1-7-17-15(12)11-18/h3-6,12,15,17H,1-2,7-11H2/t12-,15+/m0/s1. The number of ether oxygens (including phenoxy) is 1. The van der Waals surface area contributed by atoms with Crippen molar-refractivity contribution in [1.29, 1.82) is 0 Å². The van der Waals surface area contributed by atoms with Gasteiger partial charge in [-0.05, 0) is 49.6 Å². The van der Waals surface area contributed by atoms with Crippen molar-refractivity contribution in [2.45, 2.75) is 18.9 Å². The van der Waals surface area contributed by atoms with Crippen molar-refractivity contribution in [3.05, 3.63) is 29.3 Å². The van der Waals surface area contributed by atoms with E-state index in [-0.39, 0.29) is 0 Å². The molecule has 0 amide bonds. The summed E-state index contributed by atoms with van der Waals surface area (Å²) >= 11 is 5.85. The number of nitrogens with zero attached hydrogens (tertiary/aromatic N) is 1. The Labute approximate surface area is 119 Å². The van der Waals surface area contributed by atoms with Crippen molar-refractivity contribution in [3.8, 4) is 5.75 Å². The molecule has 0 bridgehead atoms. The highest BCUT2D eigenvalue weighted by molar-refractivity contribution is 6.30. The number of piperidine rings is 1. The molecule has 2 heterocycles. The first-order valence-electron chi connectivity index (χ1n) is 7.15. The second kappa shape index (κ2) is 6.12. The van der Waals surface area contributed by atoms with Crippen LogP contribution in [0.1, 0.15) is 12.8 Å². The topological polar surface area (TPSA) is 24.5 Å². The molecule has 0 aliphatic carbocycles. The number of rotatable bonds is 4. The summed E-state index contributed by atoms with van der Waals surface area (Å²) in [7, 11) is 0. The molecule has 4 heteroatoms. The quantitative estimate of drug-likeness (QED) is 0.917. The van der Waals surface area contributed by atoms with Crippen LogP contribution in [0, 0.1) is 5.92 Å². The van der Waals surface area contributed by atoms with Gasteiger partial charge in [0.1, 0.15) is 12.4 Å². The van der Waals surface area contributed by atoms with E-state index in [2.05, 4.69) is 10.2 Å². The van der Waals surface area contributed by atoms with Crippen LogP contribution in [0.15, 0.2) is 24.3 Å². The molecule has 0 spiro atoms. The van der Waals surface area contributed by atoms with Crippen molar-refractivity contribution < 1.29 is 4.74 Å². The number of hydrogen-bond donors (Lipinski definition) is 1. The summed E-state index contributed by atoms with van der Waals surface area (Å²) in [5.41, 5.74) is 0. The van der Waals surface area contributed by atoms with E-state index >= 15 is 0 Å². The van der Waals surface area contributed by atoms with Gasteiger partial charge in [-0.1, -0.05) is 11.6 Å². The Balaban J connectivity index is 1.42. The molecule has 104 valence electrons. The second-order valence-electron chi connectivity index (χ2n) is 5.52. The summed E-state index contributed by atoms with van der Waals surface area (Å²) in [5, 5.41) is 4.38. The third-order valence-electron chi connectivity index (χ3n) is 4.16. The molecule has 2 saturated heterocycles. The van der Waals surface area contributed by atoms with E-state index < -0.39 is 0 Å². The van der Waals surface area contributed by atoms with Crippen LogP contribution >= 0.6 is 11.6 Å². The number of nitrogens with one attached hydrogen (secondary N) is 1. The van der Waals surface area contributed by atoms with Gasteiger partial charge in [0.2, 0.25) is 0 Å². The van der Waals surface area contributed by atoms with E-state index in [9.17, 15) is 0 Å². The summed E-state index contributed by atoms with van der Waals surface area (Å²) in [5.74, 6) is 1.75. The fraction of sp³-hybridized carbons (Fsp3) is 0.600. The molecule has 0 radical (unpaired) electrons. The van der Waals surface area contributed by atoms with Gasteiger partial charge in [-0.15, -0.1) is 0 Å². The van der Waals surface area contributed by atoms with Crippen LogP contribution in [0.25, 0.3) is 0 Å². The molecule has 1 aromatic carbocycles. The van der Waals surface area contributed by atoms with Gasteiger partial charge >= 0.3 is 0 Å². The van der Waals surface area contributed by atoms with Crippen molar-refractivity contribution in [2.24, 2.45) is 5.92 Å². The lowest BCUT2D eigenvalue weighted by Crippen LogP contribution is -2.40. The maximum absolute atomic E-state index is 5.85. The van der Waals surface area contributed by atoms with E-state index in [0.717, 1.165) is 29.8 Å². The van der Waals surface area contributed by atoms with Crippen LogP contribution in [-0.2, 0) is 0 Å². The molecule has 2 atom stereocenters. The molecule has 19 heavy (non-hydrogen) atoms. The minimum Gasteiger partial charge on any atom is -0.492 e. The fourth-order valence-electron chi connectivity index (χ4n) is 3.14. The van der Waals surface area contributed by atoms with E-state index in [1.807, 2.05) is 24.3 Å². The zero-order chi connectivity index (χ0) is 13.1. The molecule has 2 aliphatic heterocycles. The average Bonchev–Trinajstić information content (AvgIpc) is 2.83. The smallest absolute Gasteiger partial charge is 0.119 e. The van der Waals surface area contributed by atoms with Gasteiger partial charge in [0.05, 0.1) is 0 Å². The number of likely N-dealkylation sites (tertiary alicyclic amines) is 1. The summed E-state index contributed by atoms with van der Waals surface area (Å²) in [6, 6.07) is 8.29. The first-order valence-corrected chi connectivity index (χ1v) is 7.53. The van der Waals surface area contributed by atoms with Crippen molar-refractivity contribution in [2.75, 3.05) is 32.8 Å². The Bertz CT molecular complexity index is 395. The Morgan fingerprint density at radius 2 is 2.11 bits per heavy atom. The Hall–Kier alpha value is -0.770. The normalized spacial score (nSPS) is 27.2. The molecule has 3 nitrogen and oxygen atoms in total. The first kappa shape index (κ1) is 13.2. The van der Waals surface area contributed by atoms with Gasteiger partial charge in [0.25, 0.3) is 0 Å². The minimum absolute atomic E-state index is 0.712. The Kier molecular flexibility index (Phi) is 4.26. The fourth-order valence-corrected chi connectivity index (χ4v) is 3.27. The Morgan fingerprint density at radius 1 is 1.26 bits per heavy atom. The summed E-state index contributed by atoms with van der Waals surface area (Å²) in [6.45, 7) is 5.35. The maximum atomic E-state index is 5.85. The third kappa shape index (κ3) is 3.41. The molecule has 2 fully saturated rings. The average molecular weight is 281 g/mol. The molecule has 0 aromatic heterocycles. The lowest BCUT2D eigenvalue weighted by atomic mass is 9.94. The lowest BCUT2D eigenvalue weighted by Gasteiger charge is -2.24. The second-order valence-corrected chi connectivity index (χ2v) is 5.96. The van der Waals surface area contributed by atoms with E-state index in [0.29, 0.717) is 6.04 Å². The van der Waals surface area contributed by atoms with Gasteiger partial charge in [-0.3, -0.25) is 4.90 Å². The van der Waals surface area contributed by atoms with Gasteiger partial charge < -0.3 is 10.1 Å². The molecular formula is C15H21ClN2O. The molecule has 0 saturated carbocycles. The van der Waals surface area contributed by atoms with Crippen molar-refractivity contribution in [1.82, 2.24) is 10.2 Å². The monoisotopic (exact) mass is 280 g/mol. The molecule has 3 rings (SSSR count).